The fraction of sp³-hybridized carbons (Fsp3) is 1.00. The van der Waals surface area contributed by atoms with E-state index in [-0.39, 0.29) is 12.1 Å². The minimum absolute atomic E-state index is 0.136. The standard InChI is InChI=1S/C9H23O3P/c1-5-8(3)7-13(10,11,12)9(4)6-2/h8-12H,5-7H2,1-4H3. The molecule has 0 saturated heterocycles. The van der Waals surface area contributed by atoms with Crippen molar-refractivity contribution in [2.75, 3.05) is 6.16 Å². The monoisotopic (exact) mass is 210 g/mol. The van der Waals surface area contributed by atoms with Crippen LogP contribution >= 0.6 is 7.28 Å². The van der Waals surface area contributed by atoms with E-state index in [1.165, 1.54) is 0 Å². The van der Waals surface area contributed by atoms with Crippen LogP contribution in [0.15, 0.2) is 0 Å². The Kier molecular flexibility index (Phi) is 4.32. The molecule has 0 heterocycles. The van der Waals surface area contributed by atoms with Crippen molar-refractivity contribution in [3.63, 3.8) is 0 Å². The zero-order valence-electron chi connectivity index (χ0n) is 9.06. The van der Waals surface area contributed by atoms with Crippen LogP contribution in [0.1, 0.15) is 40.5 Å². The van der Waals surface area contributed by atoms with Crippen LogP contribution in [0.4, 0.5) is 0 Å². The summed E-state index contributed by atoms with van der Waals surface area (Å²) >= 11 is 0. The predicted molar refractivity (Wildman–Crippen MR) is 57.7 cm³/mol. The zero-order chi connectivity index (χ0) is 10.7. The van der Waals surface area contributed by atoms with Gasteiger partial charge in [0.05, 0.1) is 0 Å². The van der Waals surface area contributed by atoms with Gasteiger partial charge < -0.3 is 0 Å². The van der Waals surface area contributed by atoms with Crippen molar-refractivity contribution in [3.05, 3.63) is 0 Å². The average molecular weight is 210 g/mol. The van der Waals surface area contributed by atoms with Crippen molar-refractivity contribution in [3.8, 4) is 0 Å². The molecule has 13 heavy (non-hydrogen) atoms. The van der Waals surface area contributed by atoms with Crippen molar-refractivity contribution in [2.24, 2.45) is 5.92 Å². The van der Waals surface area contributed by atoms with Crippen LogP contribution in [0.3, 0.4) is 0 Å². The van der Waals surface area contributed by atoms with Gasteiger partial charge in [-0.2, -0.15) is 0 Å². The molecular formula is C9H23O3P. The molecule has 4 heteroatoms. The first-order valence-corrected chi connectivity index (χ1v) is 7.32. The van der Waals surface area contributed by atoms with Crippen molar-refractivity contribution >= 4 is 7.28 Å². The second kappa shape index (κ2) is 4.22. The molecule has 82 valence electrons. The van der Waals surface area contributed by atoms with Crippen LogP contribution in [-0.4, -0.2) is 26.5 Å². The van der Waals surface area contributed by atoms with Gasteiger partial charge in [0.25, 0.3) is 0 Å². The summed E-state index contributed by atoms with van der Waals surface area (Å²) in [7, 11) is -4.36. The molecule has 0 amide bonds. The van der Waals surface area contributed by atoms with E-state index in [0.29, 0.717) is 6.42 Å². The van der Waals surface area contributed by atoms with Crippen molar-refractivity contribution in [2.45, 2.75) is 46.2 Å². The first-order valence-electron chi connectivity index (χ1n) is 4.97. The number of hydrogen-bond donors (Lipinski definition) is 3. The molecule has 0 radical (unpaired) electrons. The molecule has 0 aliphatic rings. The van der Waals surface area contributed by atoms with E-state index >= 15 is 0 Å². The van der Waals surface area contributed by atoms with E-state index in [1.54, 1.807) is 6.92 Å². The molecule has 0 bridgehead atoms. The van der Waals surface area contributed by atoms with Gasteiger partial charge in [0.2, 0.25) is 0 Å². The van der Waals surface area contributed by atoms with Gasteiger partial charge >= 0.3 is 80.2 Å². The van der Waals surface area contributed by atoms with Crippen molar-refractivity contribution < 1.29 is 14.7 Å². The summed E-state index contributed by atoms with van der Waals surface area (Å²) in [4.78, 5) is 29.4. The van der Waals surface area contributed by atoms with Crippen molar-refractivity contribution in [1.82, 2.24) is 0 Å². The van der Waals surface area contributed by atoms with Gasteiger partial charge in [-0.1, -0.05) is 0 Å². The van der Waals surface area contributed by atoms with Crippen LogP contribution < -0.4 is 0 Å². The van der Waals surface area contributed by atoms with Crippen LogP contribution in [0.5, 0.6) is 0 Å². The molecule has 0 rings (SSSR count). The SMILES string of the molecule is CCC(C)CP(O)(O)(O)C(C)CC. The van der Waals surface area contributed by atoms with Gasteiger partial charge in [0, 0.05) is 0 Å². The third-order valence-corrected chi connectivity index (χ3v) is 6.35. The Hall–Kier alpha value is 0.310. The molecule has 0 spiro atoms. The van der Waals surface area contributed by atoms with E-state index in [9.17, 15) is 14.7 Å². The average Bonchev–Trinajstić information content (AvgIpc) is 2.00. The normalized spacial score (nSPS) is 20.4. The molecule has 0 aliphatic heterocycles. The van der Waals surface area contributed by atoms with Gasteiger partial charge in [0.1, 0.15) is 0 Å². The Morgan fingerprint density at radius 3 is 1.77 bits per heavy atom. The second-order valence-corrected chi connectivity index (χ2v) is 7.86. The third-order valence-electron chi connectivity index (χ3n) is 2.85. The van der Waals surface area contributed by atoms with E-state index < -0.39 is 12.9 Å². The van der Waals surface area contributed by atoms with Crippen LogP contribution in [0.25, 0.3) is 0 Å². The first kappa shape index (κ1) is 13.3. The summed E-state index contributed by atoms with van der Waals surface area (Å²) in [6.45, 7) is 7.45. The van der Waals surface area contributed by atoms with Crippen LogP contribution in [0, 0.1) is 5.92 Å². The molecule has 3 nitrogen and oxygen atoms in total. The molecule has 0 aromatic carbocycles. The molecule has 3 N–H and O–H groups in total. The fourth-order valence-electron chi connectivity index (χ4n) is 1.28. The number of hydrogen-bond acceptors (Lipinski definition) is 3. The topological polar surface area (TPSA) is 60.7 Å². The Balaban J connectivity index is 4.48. The summed E-state index contributed by atoms with van der Waals surface area (Å²) in [5, 5.41) is 0. The summed E-state index contributed by atoms with van der Waals surface area (Å²) in [6.07, 6.45) is 1.59. The van der Waals surface area contributed by atoms with E-state index in [4.69, 9.17) is 0 Å². The Morgan fingerprint density at radius 2 is 1.46 bits per heavy atom. The van der Waals surface area contributed by atoms with Crippen LogP contribution in [-0.2, 0) is 0 Å². The number of rotatable bonds is 5. The zero-order valence-corrected chi connectivity index (χ0v) is 9.96. The Morgan fingerprint density at radius 1 is 1.00 bits per heavy atom. The van der Waals surface area contributed by atoms with E-state index in [1.807, 2.05) is 20.8 Å². The van der Waals surface area contributed by atoms with Gasteiger partial charge in [0.15, 0.2) is 0 Å². The van der Waals surface area contributed by atoms with E-state index in [2.05, 4.69) is 0 Å². The summed E-state index contributed by atoms with van der Waals surface area (Å²) in [6, 6.07) is 0. The Bertz CT molecular complexity index is 162. The second-order valence-electron chi connectivity index (χ2n) is 4.17. The van der Waals surface area contributed by atoms with Crippen LogP contribution in [0.2, 0.25) is 0 Å². The maximum atomic E-state index is 9.79. The van der Waals surface area contributed by atoms with E-state index in [0.717, 1.165) is 6.42 Å². The summed E-state index contributed by atoms with van der Waals surface area (Å²) < 4.78 is 0. The molecule has 2 unspecified atom stereocenters. The van der Waals surface area contributed by atoms with Gasteiger partial charge in [-0.3, -0.25) is 0 Å². The predicted octanol–water partition coefficient (Wildman–Crippen LogP) is 2.11. The molecule has 0 aromatic rings. The fourth-order valence-corrected chi connectivity index (χ4v) is 3.84. The minimum atomic E-state index is -4.36. The molecule has 0 aliphatic carbocycles. The third kappa shape index (κ3) is 3.90. The van der Waals surface area contributed by atoms with Gasteiger partial charge in [-0.25, -0.2) is 0 Å². The van der Waals surface area contributed by atoms with Crippen molar-refractivity contribution in [1.29, 1.82) is 0 Å². The maximum absolute atomic E-state index is 9.79. The molecule has 0 fully saturated rings. The molecular weight excluding hydrogens is 187 g/mol. The summed E-state index contributed by atoms with van der Waals surface area (Å²) in [5.41, 5.74) is -0.403. The van der Waals surface area contributed by atoms with Gasteiger partial charge in [-0.05, 0) is 0 Å². The summed E-state index contributed by atoms with van der Waals surface area (Å²) in [5.74, 6) is 0.159. The molecule has 0 aromatic heterocycles. The quantitative estimate of drug-likeness (QED) is 0.609. The van der Waals surface area contributed by atoms with Gasteiger partial charge in [-0.15, -0.1) is 0 Å². The first-order chi connectivity index (χ1) is 5.71. The Labute approximate surface area is 81.0 Å². The molecule has 0 saturated carbocycles. The molecule has 2 atom stereocenters.